The third-order valence-corrected chi connectivity index (χ3v) is 1.70. The summed E-state index contributed by atoms with van der Waals surface area (Å²) in [6, 6.07) is 1.80. The van der Waals surface area contributed by atoms with Crippen molar-refractivity contribution in [2.75, 3.05) is 5.73 Å². The molecule has 2 aromatic rings. The predicted molar refractivity (Wildman–Crippen MR) is 43.2 cm³/mol. The number of nitrogen functional groups attached to an aromatic ring is 1. The quantitative estimate of drug-likeness (QED) is 0.618. The van der Waals surface area contributed by atoms with E-state index in [9.17, 15) is 0 Å². The van der Waals surface area contributed by atoms with E-state index in [4.69, 9.17) is 10.2 Å². The van der Waals surface area contributed by atoms with E-state index in [0.717, 1.165) is 16.5 Å². The maximum atomic E-state index is 5.63. The van der Waals surface area contributed by atoms with E-state index in [2.05, 4.69) is 4.98 Å². The molecule has 0 radical (unpaired) electrons. The van der Waals surface area contributed by atoms with Gasteiger partial charge in [0.05, 0.1) is 11.6 Å². The first-order chi connectivity index (χ1) is 5.29. The van der Waals surface area contributed by atoms with Crippen LogP contribution in [0.1, 0.15) is 5.56 Å². The summed E-state index contributed by atoms with van der Waals surface area (Å²) in [5.41, 5.74) is 7.46. The summed E-state index contributed by atoms with van der Waals surface area (Å²) in [4.78, 5) is 3.96. The van der Waals surface area contributed by atoms with Crippen molar-refractivity contribution in [2.45, 2.75) is 6.92 Å². The Morgan fingerprint density at radius 3 is 3.09 bits per heavy atom. The van der Waals surface area contributed by atoms with Crippen molar-refractivity contribution in [3.8, 4) is 0 Å². The van der Waals surface area contributed by atoms with E-state index in [1.807, 2.05) is 6.92 Å². The molecular formula is C8H8N2O. The second kappa shape index (κ2) is 1.99. The standard InChI is InChI=1S/C8H8N2O/c1-5-4-11-6-2-3-10-8(9)7(5)6/h2-4H,1H3,(H2,9,10). The van der Waals surface area contributed by atoms with Crippen LogP contribution in [0.25, 0.3) is 11.0 Å². The lowest BCUT2D eigenvalue weighted by Gasteiger charge is -1.92. The number of pyridine rings is 1. The lowest BCUT2D eigenvalue weighted by atomic mass is 10.2. The summed E-state index contributed by atoms with van der Waals surface area (Å²) in [7, 11) is 0. The van der Waals surface area contributed by atoms with Gasteiger partial charge in [-0.2, -0.15) is 0 Å². The number of anilines is 1. The van der Waals surface area contributed by atoms with Gasteiger partial charge in [0.1, 0.15) is 11.4 Å². The van der Waals surface area contributed by atoms with Gasteiger partial charge < -0.3 is 10.2 Å². The molecule has 56 valence electrons. The molecule has 11 heavy (non-hydrogen) atoms. The van der Waals surface area contributed by atoms with Crippen LogP contribution in [0.3, 0.4) is 0 Å². The zero-order chi connectivity index (χ0) is 7.84. The number of nitrogens with zero attached hydrogens (tertiary/aromatic N) is 1. The highest BCUT2D eigenvalue weighted by Crippen LogP contribution is 2.23. The number of aryl methyl sites for hydroxylation is 1. The number of nitrogens with two attached hydrogens (primary N) is 1. The first-order valence-electron chi connectivity index (χ1n) is 3.37. The zero-order valence-corrected chi connectivity index (χ0v) is 6.16. The molecule has 3 heteroatoms. The number of hydrogen-bond acceptors (Lipinski definition) is 3. The summed E-state index contributed by atoms with van der Waals surface area (Å²) in [5, 5.41) is 0.924. The van der Waals surface area contributed by atoms with Crippen LogP contribution in [0.5, 0.6) is 0 Å². The molecular weight excluding hydrogens is 140 g/mol. The topological polar surface area (TPSA) is 52.0 Å². The minimum absolute atomic E-state index is 0.536. The molecule has 0 aliphatic carbocycles. The van der Waals surface area contributed by atoms with Crippen LogP contribution >= 0.6 is 0 Å². The zero-order valence-electron chi connectivity index (χ0n) is 6.16. The Kier molecular flexibility index (Phi) is 1.12. The van der Waals surface area contributed by atoms with Crippen molar-refractivity contribution in [3.05, 3.63) is 24.1 Å². The Bertz CT molecular complexity index is 392. The maximum absolute atomic E-state index is 5.63. The molecule has 2 heterocycles. The molecule has 0 saturated heterocycles. The van der Waals surface area contributed by atoms with Crippen molar-refractivity contribution in [1.82, 2.24) is 4.98 Å². The Morgan fingerprint density at radius 2 is 2.36 bits per heavy atom. The van der Waals surface area contributed by atoms with Crippen LogP contribution < -0.4 is 5.73 Å². The Balaban J connectivity index is 2.96. The van der Waals surface area contributed by atoms with E-state index < -0.39 is 0 Å². The third-order valence-electron chi connectivity index (χ3n) is 1.70. The highest BCUT2D eigenvalue weighted by molar-refractivity contribution is 5.89. The van der Waals surface area contributed by atoms with Gasteiger partial charge in [0, 0.05) is 6.20 Å². The van der Waals surface area contributed by atoms with Gasteiger partial charge in [-0.15, -0.1) is 0 Å². The van der Waals surface area contributed by atoms with Crippen LogP contribution in [-0.2, 0) is 0 Å². The molecule has 0 unspecified atom stereocenters. The van der Waals surface area contributed by atoms with Gasteiger partial charge in [0.25, 0.3) is 0 Å². The van der Waals surface area contributed by atoms with Crippen LogP contribution in [0, 0.1) is 6.92 Å². The molecule has 0 amide bonds. The molecule has 0 aliphatic rings. The van der Waals surface area contributed by atoms with Gasteiger partial charge in [-0.05, 0) is 18.6 Å². The normalized spacial score (nSPS) is 10.6. The minimum atomic E-state index is 0.536. The lowest BCUT2D eigenvalue weighted by molar-refractivity contribution is 0.613. The van der Waals surface area contributed by atoms with Gasteiger partial charge in [-0.3, -0.25) is 0 Å². The van der Waals surface area contributed by atoms with E-state index in [1.54, 1.807) is 18.5 Å². The molecule has 0 saturated carbocycles. The minimum Gasteiger partial charge on any atom is -0.464 e. The molecule has 0 bridgehead atoms. The van der Waals surface area contributed by atoms with Crippen molar-refractivity contribution in [1.29, 1.82) is 0 Å². The van der Waals surface area contributed by atoms with Gasteiger partial charge in [0.15, 0.2) is 0 Å². The smallest absolute Gasteiger partial charge is 0.139 e. The SMILES string of the molecule is Cc1coc2ccnc(N)c12. The number of fused-ring (bicyclic) bond motifs is 1. The molecule has 0 aromatic carbocycles. The molecule has 0 spiro atoms. The maximum Gasteiger partial charge on any atom is 0.139 e. The summed E-state index contributed by atoms with van der Waals surface area (Å²) in [6.07, 6.45) is 3.32. The average Bonchev–Trinajstić information content (AvgIpc) is 2.34. The van der Waals surface area contributed by atoms with E-state index in [1.165, 1.54) is 0 Å². The fourth-order valence-corrected chi connectivity index (χ4v) is 1.16. The van der Waals surface area contributed by atoms with E-state index in [-0.39, 0.29) is 0 Å². The van der Waals surface area contributed by atoms with Crippen molar-refractivity contribution in [3.63, 3.8) is 0 Å². The van der Waals surface area contributed by atoms with Gasteiger partial charge in [-0.1, -0.05) is 0 Å². The van der Waals surface area contributed by atoms with Crippen molar-refractivity contribution < 1.29 is 4.42 Å². The fraction of sp³-hybridized carbons (Fsp3) is 0.125. The Hall–Kier alpha value is -1.51. The molecule has 2 rings (SSSR count). The number of rotatable bonds is 0. The molecule has 0 aliphatic heterocycles. The highest BCUT2D eigenvalue weighted by atomic mass is 16.3. The van der Waals surface area contributed by atoms with E-state index >= 15 is 0 Å². The summed E-state index contributed by atoms with van der Waals surface area (Å²) in [5.74, 6) is 0.536. The second-order valence-corrected chi connectivity index (χ2v) is 2.49. The summed E-state index contributed by atoms with van der Waals surface area (Å²) in [6.45, 7) is 1.95. The Labute approximate surface area is 63.8 Å². The van der Waals surface area contributed by atoms with Crippen LogP contribution in [0.15, 0.2) is 22.9 Å². The van der Waals surface area contributed by atoms with Crippen LogP contribution in [0.2, 0.25) is 0 Å². The second-order valence-electron chi connectivity index (χ2n) is 2.49. The molecule has 0 atom stereocenters. The Morgan fingerprint density at radius 1 is 1.55 bits per heavy atom. The average molecular weight is 148 g/mol. The number of hydrogen-bond donors (Lipinski definition) is 1. The van der Waals surface area contributed by atoms with Crippen molar-refractivity contribution >= 4 is 16.8 Å². The molecule has 3 nitrogen and oxygen atoms in total. The van der Waals surface area contributed by atoms with Gasteiger partial charge in [0.2, 0.25) is 0 Å². The van der Waals surface area contributed by atoms with Gasteiger partial charge >= 0.3 is 0 Å². The predicted octanol–water partition coefficient (Wildman–Crippen LogP) is 1.72. The number of furan rings is 1. The molecule has 2 aromatic heterocycles. The monoisotopic (exact) mass is 148 g/mol. The van der Waals surface area contributed by atoms with E-state index in [0.29, 0.717) is 5.82 Å². The first-order valence-corrected chi connectivity index (χ1v) is 3.37. The summed E-state index contributed by atoms with van der Waals surface area (Å²) >= 11 is 0. The summed E-state index contributed by atoms with van der Waals surface area (Å²) < 4.78 is 5.21. The molecule has 0 fully saturated rings. The van der Waals surface area contributed by atoms with Gasteiger partial charge in [-0.25, -0.2) is 4.98 Å². The highest BCUT2D eigenvalue weighted by Gasteiger charge is 2.04. The van der Waals surface area contributed by atoms with Crippen molar-refractivity contribution in [2.24, 2.45) is 0 Å². The fourth-order valence-electron chi connectivity index (χ4n) is 1.16. The molecule has 2 N–H and O–H groups in total. The third kappa shape index (κ3) is 0.774. The first kappa shape index (κ1) is 6.22. The number of aromatic nitrogens is 1. The lowest BCUT2D eigenvalue weighted by Crippen LogP contribution is -1.89. The van der Waals surface area contributed by atoms with Crippen LogP contribution in [0.4, 0.5) is 5.82 Å². The largest absolute Gasteiger partial charge is 0.464 e. The van der Waals surface area contributed by atoms with Crippen LogP contribution in [-0.4, -0.2) is 4.98 Å².